The van der Waals surface area contributed by atoms with Gasteiger partial charge in [0.25, 0.3) is 5.91 Å². The van der Waals surface area contributed by atoms with Gasteiger partial charge in [0.15, 0.2) is 17.7 Å². The average molecular weight is 512 g/mol. The number of anilines is 1. The van der Waals surface area contributed by atoms with Crippen molar-refractivity contribution in [2.75, 3.05) is 24.3 Å². The summed E-state index contributed by atoms with van der Waals surface area (Å²) in [4.78, 5) is 23.7. The molecule has 3 rings (SSSR count). The Hall–Kier alpha value is -1.79. The molecule has 3 heterocycles. The molecule has 0 saturated carbocycles. The number of aliphatic hydroxyl groups is 2. The van der Waals surface area contributed by atoms with Gasteiger partial charge in [0.2, 0.25) is 5.28 Å². The zero-order chi connectivity index (χ0) is 23.6. The van der Waals surface area contributed by atoms with Gasteiger partial charge < -0.3 is 26.4 Å². The Kier molecular flexibility index (Phi) is 7.77. The summed E-state index contributed by atoms with van der Waals surface area (Å²) in [6, 6.07) is -1.03. The molecule has 5 atom stereocenters. The highest BCUT2D eigenvalue weighted by Crippen LogP contribution is 2.32. The summed E-state index contributed by atoms with van der Waals surface area (Å²) in [5.41, 5.74) is 11.7. The number of aliphatic hydroxyl groups excluding tert-OH is 2. The molecule has 0 aromatic carbocycles. The lowest BCUT2D eigenvalue weighted by Gasteiger charge is -2.16. The Balaban J connectivity index is 1.66. The second-order valence-corrected chi connectivity index (χ2v) is 9.51. The fourth-order valence-corrected chi connectivity index (χ4v) is 4.39. The summed E-state index contributed by atoms with van der Waals surface area (Å²) in [6.45, 7) is -0.693. The number of carbonyl (C=O) groups is 1. The van der Waals surface area contributed by atoms with Crippen molar-refractivity contribution in [3.63, 3.8) is 0 Å². The molecular formula is C15H22ClN7O7S2. The van der Waals surface area contributed by atoms with Gasteiger partial charge in [-0.25, -0.2) is 9.71 Å². The number of carbonyl (C=O) groups excluding carboxylic acids is 1. The van der Waals surface area contributed by atoms with E-state index in [-0.39, 0.29) is 28.7 Å². The predicted octanol–water partition coefficient (Wildman–Crippen LogP) is -1.86. The molecule has 0 radical (unpaired) electrons. The van der Waals surface area contributed by atoms with Crippen LogP contribution in [-0.2, 0) is 24.0 Å². The number of hydrogen-bond acceptors (Lipinski definition) is 13. The Morgan fingerprint density at radius 3 is 2.84 bits per heavy atom. The smallest absolute Gasteiger partial charge is 0.362 e. The molecule has 1 fully saturated rings. The maximum atomic E-state index is 12.0. The lowest BCUT2D eigenvalue weighted by molar-refractivity contribution is -0.120. The van der Waals surface area contributed by atoms with Crippen molar-refractivity contribution < 1.29 is 32.3 Å². The SMILES string of the molecule is CSCC[C@H](N)C(=O)NS(=O)(=O)OC[C@H]1OC(n2cnc3c(N)nc(Cl)nc32)[C@H](O)[C@@H]1O. The summed E-state index contributed by atoms with van der Waals surface area (Å²) < 4.78 is 37.4. The number of nitrogens with zero attached hydrogens (tertiary/aromatic N) is 4. The second kappa shape index (κ2) is 10.0. The first-order chi connectivity index (χ1) is 15.0. The van der Waals surface area contributed by atoms with Crippen molar-refractivity contribution in [2.24, 2.45) is 5.73 Å². The van der Waals surface area contributed by atoms with Crippen LogP contribution in [0.5, 0.6) is 0 Å². The van der Waals surface area contributed by atoms with Crippen LogP contribution in [0.4, 0.5) is 5.82 Å². The van der Waals surface area contributed by atoms with Crippen molar-refractivity contribution in [3.05, 3.63) is 11.6 Å². The maximum absolute atomic E-state index is 12.0. The largest absolute Gasteiger partial charge is 0.387 e. The van der Waals surface area contributed by atoms with Crippen LogP contribution in [0, 0.1) is 0 Å². The number of hydrogen-bond donors (Lipinski definition) is 5. The summed E-state index contributed by atoms with van der Waals surface area (Å²) >= 11 is 7.27. The van der Waals surface area contributed by atoms with Gasteiger partial charge in [-0.2, -0.15) is 30.1 Å². The van der Waals surface area contributed by atoms with E-state index in [2.05, 4.69) is 15.0 Å². The Morgan fingerprint density at radius 1 is 1.44 bits per heavy atom. The quantitative estimate of drug-likeness (QED) is 0.233. The van der Waals surface area contributed by atoms with E-state index >= 15 is 0 Å². The first kappa shape index (κ1) is 24.8. The highest BCUT2D eigenvalue weighted by molar-refractivity contribution is 7.98. The van der Waals surface area contributed by atoms with Crippen LogP contribution >= 0.6 is 23.4 Å². The summed E-state index contributed by atoms with van der Waals surface area (Å²) in [5, 5.41) is 20.5. The molecule has 14 nitrogen and oxygen atoms in total. The molecule has 2 aromatic heterocycles. The number of thioether (sulfide) groups is 1. The van der Waals surface area contributed by atoms with E-state index in [0.717, 1.165) is 0 Å². The summed E-state index contributed by atoms with van der Waals surface area (Å²) in [6.07, 6.45) is -2.14. The van der Waals surface area contributed by atoms with Crippen LogP contribution in [0.3, 0.4) is 0 Å². The van der Waals surface area contributed by atoms with E-state index in [1.54, 1.807) is 4.72 Å². The van der Waals surface area contributed by atoms with E-state index in [1.165, 1.54) is 22.7 Å². The van der Waals surface area contributed by atoms with Gasteiger partial charge in [-0.05, 0) is 30.0 Å². The lowest BCUT2D eigenvalue weighted by Crippen LogP contribution is -2.45. The molecular weight excluding hydrogens is 490 g/mol. The number of ether oxygens (including phenoxy) is 1. The van der Waals surface area contributed by atoms with E-state index in [9.17, 15) is 23.4 Å². The third kappa shape index (κ3) is 5.40. The van der Waals surface area contributed by atoms with Gasteiger partial charge in [-0.3, -0.25) is 13.5 Å². The van der Waals surface area contributed by atoms with E-state index < -0.39 is 53.4 Å². The van der Waals surface area contributed by atoms with Crippen molar-refractivity contribution in [1.29, 1.82) is 0 Å². The first-order valence-corrected chi connectivity index (χ1v) is 12.3. The number of halogens is 1. The molecule has 1 unspecified atom stereocenters. The molecule has 0 bridgehead atoms. The topological polar surface area (TPSA) is 218 Å². The number of nitrogens with one attached hydrogen (secondary N) is 1. The Bertz CT molecular complexity index is 1090. The molecule has 1 aliphatic heterocycles. The van der Waals surface area contributed by atoms with Crippen LogP contribution in [0.15, 0.2) is 6.33 Å². The summed E-state index contributed by atoms with van der Waals surface area (Å²) in [7, 11) is -4.53. The molecule has 2 aromatic rings. The van der Waals surface area contributed by atoms with E-state index in [4.69, 9.17) is 32.0 Å². The minimum Gasteiger partial charge on any atom is -0.387 e. The number of aromatic nitrogens is 4. The fourth-order valence-electron chi connectivity index (χ4n) is 2.95. The third-order valence-corrected chi connectivity index (χ3v) is 6.33. The van der Waals surface area contributed by atoms with Gasteiger partial charge >= 0.3 is 10.3 Å². The van der Waals surface area contributed by atoms with Crippen LogP contribution < -0.4 is 16.2 Å². The molecule has 178 valence electrons. The van der Waals surface area contributed by atoms with Crippen LogP contribution in [0.25, 0.3) is 11.2 Å². The minimum absolute atomic E-state index is 0.00393. The van der Waals surface area contributed by atoms with Crippen LogP contribution in [0.2, 0.25) is 5.28 Å². The molecule has 7 N–H and O–H groups in total. The van der Waals surface area contributed by atoms with Gasteiger partial charge in [0.05, 0.1) is 19.0 Å². The number of nitrogen functional groups attached to an aromatic ring is 1. The zero-order valence-electron chi connectivity index (χ0n) is 16.7. The van der Waals surface area contributed by atoms with E-state index in [1.807, 2.05) is 6.26 Å². The second-order valence-electron chi connectivity index (χ2n) is 6.84. The van der Waals surface area contributed by atoms with Gasteiger partial charge in [-0.15, -0.1) is 0 Å². The fraction of sp³-hybridized carbons (Fsp3) is 0.600. The normalized spacial score (nSPS) is 24.7. The Labute approximate surface area is 191 Å². The highest BCUT2D eigenvalue weighted by Gasteiger charge is 2.45. The lowest BCUT2D eigenvalue weighted by atomic mass is 10.1. The first-order valence-electron chi connectivity index (χ1n) is 9.16. The van der Waals surface area contributed by atoms with E-state index in [0.29, 0.717) is 5.75 Å². The van der Waals surface area contributed by atoms with Gasteiger partial charge in [-0.1, -0.05) is 0 Å². The Morgan fingerprint density at radius 2 is 2.16 bits per heavy atom. The average Bonchev–Trinajstić information content (AvgIpc) is 3.26. The molecule has 1 amide bonds. The summed E-state index contributed by atoms with van der Waals surface area (Å²) in [5.74, 6) is -0.352. The van der Waals surface area contributed by atoms with Gasteiger partial charge in [0, 0.05) is 0 Å². The zero-order valence-corrected chi connectivity index (χ0v) is 19.0. The molecule has 1 aliphatic rings. The molecule has 0 spiro atoms. The number of fused-ring (bicyclic) bond motifs is 1. The number of rotatable bonds is 9. The molecule has 32 heavy (non-hydrogen) atoms. The third-order valence-electron chi connectivity index (χ3n) is 4.62. The number of nitrogens with two attached hydrogens (primary N) is 2. The molecule has 17 heteroatoms. The predicted molar refractivity (Wildman–Crippen MR) is 115 cm³/mol. The van der Waals surface area contributed by atoms with Crippen molar-refractivity contribution >= 4 is 56.6 Å². The van der Waals surface area contributed by atoms with Crippen LogP contribution in [-0.4, -0.2) is 87.0 Å². The maximum Gasteiger partial charge on any atom is 0.362 e. The van der Waals surface area contributed by atoms with Crippen LogP contribution in [0.1, 0.15) is 12.6 Å². The van der Waals surface area contributed by atoms with Crippen molar-refractivity contribution in [2.45, 2.75) is 37.0 Å². The van der Waals surface area contributed by atoms with Crippen molar-refractivity contribution in [3.8, 4) is 0 Å². The molecule has 1 saturated heterocycles. The highest BCUT2D eigenvalue weighted by atomic mass is 35.5. The minimum atomic E-state index is -4.53. The number of imidazole rings is 1. The standard InChI is InChI=1S/C15H22ClN7O7S2/c1-31-3-2-6(17)13(26)22-32(27,28)29-4-7-9(24)10(25)14(30-7)23-5-19-8-11(18)20-15(16)21-12(8)23/h5-7,9-10,14,24-25H,2-4,17H2,1H3,(H,22,26)(H2,18,20,21)/t6-,7+,9+,10+,14?/m0/s1. The monoisotopic (exact) mass is 511 g/mol. The molecule has 0 aliphatic carbocycles. The number of amides is 1. The van der Waals surface area contributed by atoms with Gasteiger partial charge in [0.1, 0.15) is 23.8 Å². The van der Waals surface area contributed by atoms with Crippen molar-refractivity contribution in [1.82, 2.24) is 24.2 Å².